The van der Waals surface area contributed by atoms with Gasteiger partial charge in [0.1, 0.15) is 5.83 Å². The van der Waals surface area contributed by atoms with Crippen LogP contribution in [0.3, 0.4) is 0 Å². The first-order valence-corrected chi connectivity index (χ1v) is 15.7. The summed E-state index contributed by atoms with van der Waals surface area (Å²) in [5.74, 6) is -0.346. The lowest BCUT2D eigenvalue weighted by Gasteiger charge is -2.44. The van der Waals surface area contributed by atoms with Gasteiger partial charge in [0.2, 0.25) is 12.3 Å². The van der Waals surface area contributed by atoms with E-state index >= 15 is 4.39 Å². The molecule has 1 unspecified atom stereocenters. The first kappa shape index (κ1) is 35.7. The molecule has 5 rings (SSSR count). The number of likely N-dealkylation sites (N-methyl/N-ethyl adjacent to an activating group) is 1. The normalized spacial score (nSPS) is 19.1. The standard InChI is InChI=1S/C31H37F3N8O3.C2H6/c1-35-38-31(45-20-30(33)34)23-5-6-24(37-15-23)17-39(2)28-12-26(32)27(13-29(28)42(21-43)25-18-44-19-25)41-10-8-40(9-11-41)16-22-4-3-7-36-14-22;1-2/h3-7,13-15,21,25,28,30H,1,8-12,16-20H2,2H3;1-2H3/b38-31-;. The fourth-order valence-electron chi connectivity index (χ4n) is 5.61. The van der Waals surface area contributed by atoms with Gasteiger partial charge in [-0.15, -0.1) is 5.10 Å². The maximum Gasteiger partial charge on any atom is 0.272 e. The molecular weight excluding hydrogens is 613 g/mol. The minimum atomic E-state index is -2.67. The Kier molecular flexibility index (Phi) is 13.4. The molecule has 254 valence electrons. The number of amides is 1. The molecule has 1 amide bonds. The molecule has 0 bridgehead atoms. The molecule has 2 aromatic heterocycles. The summed E-state index contributed by atoms with van der Waals surface area (Å²) in [6.45, 7) is 11.2. The number of hydrogen-bond donors (Lipinski definition) is 0. The summed E-state index contributed by atoms with van der Waals surface area (Å²) in [4.78, 5) is 29.0. The van der Waals surface area contributed by atoms with E-state index in [1.165, 1.54) is 6.20 Å². The maximum absolute atomic E-state index is 15.9. The fraction of sp³-hybridized carbons (Fsp3) is 0.485. The van der Waals surface area contributed by atoms with Gasteiger partial charge in [-0.25, -0.2) is 13.2 Å². The Labute approximate surface area is 274 Å². The third-order valence-corrected chi connectivity index (χ3v) is 8.07. The predicted molar refractivity (Wildman–Crippen MR) is 173 cm³/mol. The van der Waals surface area contributed by atoms with Gasteiger partial charge >= 0.3 is 0 Å². The average molecular weight is 657 g/mol. The van der Waals surface area contributed by atoms with Gasteiger partial charge in [0.25, 0.3) is 6.43 Å². The van der Waals surface area contributed by atoms with Crippen LogP contribution < -0.4 is 0 Å². The van der Waals surface area contributed by atoms with Gasteiger partial charge in [0, 0.05) is 76.7 Å². The van der Waals surface area contributed by atoms with Crippen molar-refractivity contribution >= 4 is 19.0 Å². The molecule has 47 heavy (non-hydrogen) atoms. The van der Waals surface area contributed by atoms with Crippen LogP contribution in [0.15, 0.2) is 76.4 Å². The van der Waals surface area contributed by atoms with Gasteiger partial charge in [-0.05, 0) is 36.9 Å². The molecule has 0 aromatic carbocycles. The van der Waals surface area contributed by atoms with Gasteiger partial charge < -0.3 is 19.3 Å². The van der Waals surface area contributed by atoms with Crippen molar-refractivity contribution in [1.82, 2.24) is 29.6 Å². The molecule has 4 heterocycles. The van der Waals surface area contributed by atoms with Crippen LogP contribution in [-0.4, -0.2) is 120 Å². The molecule has 0 saturated carbocycles. The van der Waals surface area contributed by atoms with Gasteiger partial charge in [0.05, 0.1) is 42.3 Å². The van der Waals surface area contributed by atoms with Crippen LogP contribution in [0, 0.1) is 0 Å². The summed E-state index contributed by atoms with van der Waals surface area (Å²) < 4.78 is 51.6. The van der Waals surface area contributed by atoms with Crippen molar-refractivity contribution in [2.45, 2.75) is 51.9 Å². The second-order valence-corrected chi connectivity index (χ2v) is 11.1. The lowest BCUT2D eigenvalue weighted by molar-refractivity contribution is -0.128. The van der Waals surface area contributed by atoms with E-state index in [1.54, 1.807) is 23.2 Å². The second kappa shape index (κ2) is 17.7. The van der Waals surface area contributed by atoms with E-state index in [4.69, 9.17) is 9.47 Å². The fourth-order valence-corrected chi connectivity index (χ4v) is 5.61. The zero-order chi connectivity index (χ0) is 33.8. The number of carbonyl (C=O) groups is 1. The van der Waals surface area contributed by atoms with Crippen molar-refractivity contribution in [1.29, 1.82) is 0 Å². The van der Waals surface area contributed by atoms with E-state index < -0.39 is 19.1 Å². The first-order chi connectivity index (χ1) is 22.9. The number of ether oxygens (including phenoxy) is 2. The van der Waals surface area contributed by atoms with Crippen LogP contribution in [0.1, 0.15) is 37.1 Å². The molecule has 2 fully saturated rings. The number of piperazine rings is 1. The highest BCUT2D eigenvalue weighted by atomic mass is 19.3. The topological polar surface area (TPSA) is 99.0 Å². The highest BCUT2D eigenvalue weighted by Crippen LogP contribution is 2.34. The summed E-state index contributed by atoms with van der Waals surface area (Å²) in [5, 5.41) is 7.07. The van der Waals surface area contributed by atoms with Crippen LogP contribution >= 0.6 is 0 Å². The van der Waals surface area contributed by atoms with Crippen LogP contribution in [0.5, 0.6) is 0 Å². The molecule has 14 heteroatoms. The Hall–Kier alpha value is -4.14. The molecule has 0 N–H and O–H groups in total. The molecule has 1 aliphatic carbocycles. The van der Waals surface area contributed by atoms with E-state index in [-0.39, 0.29) is 24.2 Å². The minimum Gasteiger partial charge on any atom is -0.470 e. The van der Waals surface area contributed by atoms with E-state index in [1.807, 2.05) is 50.2 Å². The van der Waals surface area contributed by atoms with Crippen molar-refractivity contribution in [3.8, 4) is 0 Å². The average Bonchev–Trinajstić information content (AvgIpc) is 3.07. The molecule has 3 aliphatic rings. The Morgan fingerprint density at radius 3 is 2.53 bits per heavy atom. The zero-order valence-corrected chi connectivity index (χ0v) is 27.1. The van der Waals surface area contributed by atoms with E-state index in [2.05, 4.69) is 36.7 Å². The number of halogens is 3. The van der Waals surface area contributed by atoms with E-state index in [9.17, 15) is 13.6 Å². The highest BCUT2D eigenvalue weighted by molar-refractivity contribution is 5.93. The quantitative estimate of drug-likeness (QED) is 0.138. The van der Waals surface area contributed by atoms with E-state index in [0.29, 0.717) is 55.5 Å². The first-order valence-electron chi connectivity index (χ1n) is 15.7. The Morgan fingerprint density at radius 1 is 1.19 bits per heavy atom. The van der Waals surface area contributed by atoms with Crippen molar-refractivity contribution in [2.75, 3.05) is 53.0 Å². The van der Waals surface area contributed by atoms with Gasteiger partial charge in [0.15, 0.2) is 6.61 Å². The molecule has 1 atom stereocenters. The van der Waals surface area contributed by atoms with Gasteiger partial charge in [-0.1, -0.05) is 19.9 Å². The molecule has 0 radical (unpaired) electrons. The SMILES string of the molecule is C=N/N=C(\OCC(F)F)c1ccc(CN(C)C2CC(F)=C(N3CCN(Cc4cccnc4)CC3)C=C2N(C=O)C2COC2)nc1.CC. The van der Waals surface area contributed by atoms with Crippen molar-refractivity contribution in [3.63, 3.8) is 0 Å². The lowest BCUT2D eigenvalue weighted by Crippen LogP contribution is -2.53. The van der Waals surface area contributed by atoms with Crippen LogP contribution in [0.25, 0.3) is 0 Å². The number of pyridine rings is 2. The van der Waals surface area contributed by atoms with E-state index in [0.717, 1.165) is 31.6 Å². The van der Waals surface area contributed by atoms with Crippen molar-refractivity contribution < 1.29 is 27.4 Å². The van der Waals surface area contributed by atoms with Crippen molar-refractivity contribution in [2.24, 2.45) is 10.2 Å². The number of aromatic nitrogens is 2. The van der Waals surface area contributed by atoms with Gasteiger partial charge in [-0.2, -0.15) is 5.10 Å². The number of hydrogen-bond acceptors (Lipinski definition) is 10. The molecular formula is C33H43F3N8O3. The molecule has 2 aromatic rings. The summed E-state index contributed by atoms with van der Waals surface area (Å²) in [7, 11) is 1.85. The van der Waals surface area contributed by atoms with Gasteiger partial charge in [-0.3, -0.25) is 24.6 Å². The Balaban J connectivity index is 0.00000245. The number of alkyl halides is 2. The minimum absolute atomic E-state index is 0.0901. The molecule has 2 aliphatic heterocycles. The lowest BCUT2D eigenvalue weighted by atomic mass is 9.96. The third kappa shape index (κ3) is 9.46. The second-order valence-electron chi connectivity index (χ2n) is 11.1. The molecule has 2 saturated heterocycles. The maximum atomic E-state index is 15.9. The molecule has 11 nitrogen and oxygen atoms in total. The van der Waals surface area contributed by atoms with Crippen molar-refractivity contribution in [3.05, 3.63) is 83.0 Å². The zero-order valence-electron chi connectivity index (χ0n) is 27.1. The Morgan fingerprint density at radius 2 is 1.96 bits per heavy atom. The Bertz CT molecular complexity index is 1400. The molecule has 0 spiro atoms. The third-order valence-electron chi connectivity index (χ3n) is 8.07. The summed E-state index contributed by atoms with van der Waals surface area (Å²) in [6.07, 6.45) is 5.09. The predicted octanol–water partition coefficient (Wildman–Crippen LogP) is 4.09. The largest absolute Gasteiger partial charge is 0.470 e. The number of allylic oxidation sites excluding steroid dienone is 1. The van der Waals surface area contributed by atoms with Crippen LogP contribution in [0.4, 0.5) is 13.2 Å². The summed E-state index contributed by atoms with van der Waals surface area (Å²) in [6, 6.07) is 6.76. The number of rotatable bonds is 13. The van der Waals surface area contributed by atoms with Crippen LogP contribution in [-0.2, 0) is 27.4 Å². The number of nitrogens with zero attached hydrogens (tertiary/aromatic N) is 8. The number of carbonyl (C=O) groups excluding carboxylic acids is 1. The monoisotopic (exact) mass is 656 g/mol. The highest BCUT2D eigenvalue weighted by Gasteiger charge is 2.37. The van der Waals surface area contributed by atoms with Crippen LogP contribution in [0.2, 0.25) is 0 Å². The summed E-state index contributed by atoms with van der Waals surface area (Å²) >= 11 is 0. The summed E-state index contributed by atoms with van der Waals surface area (Å²) in [5.41, 5.74) is 3.36. The smallest absolute Gasteiger partial charge is 0.272 e.